The second-order valence-electron chi connectivity index (χ2n) is 1.85. The van der Waals surface area contributed by atoms with Crippen molar-refractivity contribution in [2.24, 2.45) is 5.73 Å². The predicted molar refractivity (Wildman–Crippen MR) is 51.0 cm³/mol. The molecule has 0 aliphatic carbocycles. The number of nitrogens with two attached hydrogens (primary N) is 1. The number of benzene rings is 1. The van der Waals surface area contributed by atoms with Crippen molar-refractivity contribution < 1.29 is 17.6 Å². The Morgan fingerprint density at radius 1 is 1.58 bits per heavy atom. The van der Waals surface area contributed by atoms with Crippen molar-refractivity contribution in [3.63, 3.8) is 0 Å². The van der Waals surface area contributed by atoms with Crippen LogP contribution in [-0.4, -0.2) is 0 Å². The average molecular weight is 349 g/mol. The Balaban J connectivity index is 0.000000354. The van der Waals surface area contributed by atoms with Gasteiger partial charge in [0.2, 0.25) is 0 Å². The van der Waals surface area contributed by atoms with Gasteiger partial charge in [0, 0.05) is 12.6 Å². The molecule has 0 aromatic heterocycles. The molecule has 1 nitrogen and oxygen atoms in total. The summed E-state index contributed by atoms with van der Waals surface area (Å²) in [5, 5.41) is 0. The molecule has 0 aliphatic rings. The van der Waals surface area contributed by atoms with Gasteiger partial charge in [0.05, 0.1) is 0 Å². The van der Waals surface area contributed by atoms with Crippen LogP contribution in [0.2, 0.25) is 0 Å². The topological polar surface area (TPSA) is 26.0 Å². The first kappa shape index (κ1) is 12.7. The van der Waals surface area contributed by atoms with Gasteiger partial charge in [-0.1, -0.05) is 12.1 Å². The molecular weight excluding hydrogens is 342 g/mol. The molecule has 1 radical (unpaired) electrons. The first-order valence-corrected chi connectivity index (χ1v) is 17.1. The van der Waals surface area contributed by atoms with E-state index in [1.54, 1.807) is 6.07 Å². The van der Waals surface area contributed by atoms with Gasteiger partial charge in [-0.25, -0.2) is 4.39 Å². The second-order valence-corrected chi connectivity index (χ2v) is 15.9. The summed E-state index contributed by atoms with van der Waals surface area (Å²) in [6, 6.07) is 7.02. The predicted octanol–water partition coefficient (Wildman–Crippen LogP) is 2.77. The fraction of sp³-hybridized carbons (Fsp3) is 0.143. The molecule has 1 aromatic rings. The van der Waals surface area contributed by atoms with E-state index >= 15 is 0 Å². The van der Waals surface area contributed by atoms with Gasteiger partial charge in [-0.15, -0.1) is 0 Å². The molecule has 1 rings (SSSR count). The third kappa shape index (κ3) is 6.24. The van der Waals surface area contributed by atoms with Crippen LogP contribution in [0.5, 0.6) is 0 Å². The monoisotopic (exact) mass is 346 g/mol. The van der Waals surface area contributed by atoms with E-state index in [0.717, 1.165) is 5.56 Å². The molecule has 0 unspecified atom stereocenters. The molecule has 1 aromatic carbocycles. The van der Waals surface area contributed by atoms with Crippen LogP contribution in [0.1, 0.15) is 5.56 Å². The van der Waals surface area contributed by atoms with Gasteiger partial charge >= 0.3 is 40.5 Å². The molecule has 0 heterocycles. The summed E-state index contributed by atoms with van der Waals surface area (Å²) in [6.45, 7) is 0.381. The zero-order valence-electron chi connectivity index (χ0n) is 6.36. The number of hydrogen-bond donors (Lipinski definition) is 1. The summed E-state index contributed by atoms with van der Waals surface area (Å²) in [7, 11) is 0. The zero-order valence-corrected chi connectivity index (χ0v) is 12.5. The number of rotatable bonds is 1. The Bertz CT molecular complexity index is 222. The first-order valence-electron chi connectivity index (χ1n) is 3.22. The number of halogens is 3. The van der Waals surface area contributed by atoms with Crippen LogP contribution >= 0.6 is 27.2 Å². The fourth-order valence-corrected chi connectivity index (χ4v) is 0.608. The third-order valence-electron chi connectivity index (χ3n) is 1.07. The number of hydrogen-bond acceptors (Lipinski definition) is 1. The first-order chi connectivity index (χ1) is 5.74. The Morgan fingerprint density at radius 2 is 2.17 bits per heavy atom. The minimum absolute atomic E-state index is 0.250. The molecular formula is C7H7Br2FNZn. The van der Waals surface area contributed by atoms with Gasteiger partial charge in [-0.3, -0.25) is 0 Å². The van der Waals surface area contributed by atoms with E-state index < -0.39 is 0 Å². The van der Waals surface area contributed by atoms with Gasteiger partial charge in [-0.05, 0) is 11.6 Å². The molecule has 0 spiro atoms. The normalized spacial score (nSPS) is 8.00. The molecule has 5 heteroatoms. The minimum atomic E-state index is -0.349. The molecule has 0 fully saturated rings. The summed E-state index contributed by atoms with van der Waals surface area (Å²) < 4.78 is 12.2. The van der Waals surface area contributed by atoms with E-state index in [9.17, 15) is 4.39 Å². The van der Waals surface area contributed by atoms with Crippen molar-refractivity contribution in [1.29, 1.82) is 0 Å². The Kier molecular flexibility index (Phi) is 8.78. The third-order valence-corrected chi connectivity index (χ3v) is 1.07. The van der Waals surface area contributed by atoms with Crippen molar-refractivity contribution in [1.82, 2.24) is 0 Å². The van der Waals surface area contributed by atoms with E-state index in [1.165, 1.54) is 12.1 Å². The van der Waals surface area contributed by atoms with E-state index in [4.69, 9.17) is 5.73 Å². The fourth-order valence-electron chi connectivity index (χ4n) is 0.608. The molecule has 0 saturated heterocycles. The Morgan fingerprint density at radius 3 is 2.50 bits per heavy atom. The molecule has 0 atom stereocenters. The summed E-state index contributed by atoms with van der Waals surface area (Å²) in [6.07, 6.45) is 0. The Labute approximate surface area is 92.2 Å². The molecule has 0 bridgehead atoms. The quantitative estimate of drug-likeness (QED) is 0.776. The van der Waals surface area contributed by atoms with E-state index in [-0.39, 0.29) is 19.0 Å². The molecule has 2 N–H and O–H groups in total. The maximum absolute atomic E-state index is 12.2. The summed E-state index contributed by atoms with van der Waals surface area (Å²) >= 11 is 6.25. The van der Waals surface area contributed by atoms with Crippen molar-refractivity contribution >= 4 is 27.2 Å². The van der Waals surface area contributed by atoms with Crippen LogP contribution in [0.4, 0.5) is 4.39 Å². The SMILES string of the molecule is NCc1cc[c]c(F)c1.[Br][Zn][Br]. The van der Waals surface area contributed by atoms with Crippen LogP contribution in [0.3, 0.4) is 0 Å². The molecule has 0 aliphatic heterocycles. The average Bonchev–Trinajstić information content (AvgIpc) is 2.06. The summed E-state index contributed by atoms with van der Waals surface area (Å²) in [5.74, 6) is -0.349. The van der Waals surface area contributed by atoms with E-state index in [1.807, 2.05) is 0 Å². The second kappa shape index (κ2) is 8.30. The molecule has 0 saturated carbocycles. The van der Waals surface area contributed by atoms with Gasteiger partial charge in [0.25, 0.3) is 0 Å². The van der Waals surface area contributed by atoms with Crippen molar-refractivity contribution in [2.45, 2.75) is 6.54 Å². The maximum atomic E-state index is 12.2. The standard InChI is InChI=1S/C7H7FN.2BrH.Zn/c8-7-3-1-2-6(4-7)5-9;;;/h1-2,4H,5,9H2;2*1H;/q;;;+2/p-2. The van der Waals surface area contributed by atoms with Gasteiger partial charge in [0.1, 0.15) is 5.82 Å². The zero-order chi connectivity index (χ0) is 9.40. The van der Waals surface area contributed by atoms with Crippen molar-refractivity contribution in [2.75, 3.05) is 0 Å². The molecule has 63 valence electrons. The van der Waals surface area contributed by atoms with Crippen LogP contribution in [-0.2, 0) is 19.8 Å². The van der Waals surface area contributed by atoms with E-state index in [0.29, 0.717) is 6.54 Å². The van der Waals surface area contributed by atoms with Gasteiger partial charge in [0.15, 0.2) is 0 Å². The van der Waals surface area contributed by atoms with Crippen molar-refractivity contribution in [3.8, 4) is 0 Å². The molecule has 12 heavy (non-hydrogen) atoms. The van der Waals surface area contributed by atoms with Crippen LogP contribution in [0.25, 0.3) is 0 Å². The van der Waals surface area contributed by atoms with Crippen LogP contribution in [0, 0.1) is 11.9 Å². The van der Waals surface area contributed by atoms with Crippen LogP contribution < -0.4 is 5.73 Å². The Hall–Kier alpha value is 0.693. The van der Waals surface area contributed by atoms with E-state index in [2.05, 4.69) is 33.3 Å². The summed E-state index contributed by atoms with van der Waals surface area (Å²) in [5.41, 5.74) is 6.04. The summed E-state index contributed by atoms with van der Waals surface area (Å²) in [4.78, 5) is 0. The van der Waals surface area contributed by atoms with Crippen LogP contribution in [0.15, 0.2) is 18.2 Å². The van der Waals surface area contributed by atoms with Gasteiger partial charge in [-0.2, -0.15) is 0 Å². The van der Waals surface area contributed by atoms with Gasteiger partial charge < -0.3 is 5.73 Å². The van der Waals surface area contributed by atoms with Crippen molar-refractivity contribution in [3.05, 3.63) is 35.6 Å². The molecule has 0 amide bonds.